The van der Waals surface area contributed by atoms with E-state index in [9.17, 15) is 31.2 Å². The number of nitrogens with two attached hydrogens (primary N) is 1. The highest BCUT2D eigenvalue weighted by Gasteiger charge is 2.52. The van der Waals surface area contributed by atoms with E-state index in [1.54, 1.807) is 20.8 Å². The Labute approximate surface area is 282 Å². The number of aromatic nitrogens is 2. The van der Waals surface area contributed by atoms with Gasteiger partial charge in [-0.1, -0.05) is 18.2 Å². The predicted octanol–water partition coefficient (Wildman–Crippen LogP) is 7.21. The van der Waals surface area contributed by atoms with Crippen molar-refractivity contribution in [1.29, 1.82) is 0 Å². The van der Waals surface area contributed by atoms with E-state index in [4.69, 9.17) is 15.2 Å². The van der Waals surface area contributed by atoms with E-state index in [1.807, 2.05) is 0 Å². The Morgan fingerprint density at radius 1 is 1.02 bits per heavy atom. The standard InChI is InChI=1S/C32H33F5N4O6S2/c1-18(21-7-5-6-8-22(21)31(33,34)35)46-25-16-26(48-27(25)28(38)42)41-17-39-23-10-9-19(15-24(23)41)32(36,37)49(44,45)20-11-13-40(14-12-20)29(43)47-30(2,3)4/h5-10,15-18,20H,11-14H2,1-4H3,(H2,38,42)/t18-/m1/s1. The van der Waals surface area contributed by atoms with Crippen LogP contribution in [-0.4, -0.2) is 58.8 Å². The zero-order valence-electron chi connectivity index (χ0n) is 26.8. The average Bonchev–Trinajstić information content (AvgIpc) is 3.63. The van der Waals surface area contributed by atoms with E-state index in [-0.39, 0.29) is 58.2 Å². The molecule has 2 aromatic heterocycles. The molecule has 1 aliphatic heterocycles. The number of likely N-dealkylation sites (tertiary alicyclic amines) is 1. The van der Waals surface area contributed by atoms with Crippen molar-refractivity contribution < 1.29 is 49.4 Å². The Kier molecular flexibility index (Phi) is 9.48. The van der Waals surface area contributed by atoms with E-state index in [2.05, 4.69) is 4.98 Å². The van der Waals surface area contributed by atoms with Crippen LogP contribution in [0.4, 0.5) is 26.7 Å². The number of rotatable bonds is 8. The highest BCUT2D eigenvalue weighted by molar-refractivity contribution is 7.92. The Balaban J connectivity index is 1.42. The highest BCUT2D eigenvalue weighted by atomic mass is 32.2. The van der Waals surface area contributed by atoms with Crippen molar-refractivity contribution in [2.24, 2.45) is 5.73 Å². The fourth-order valence-corrected chi connectivity index (χ4v) is 8.15. The molecule has 0 unspecified atom stereocenters. The van der Waals surface area contributed by atoms with Gasteiger partial charge in [0.25, 0.3) is 5.91 Å². The predicted molar refractivity (Wildman–Crippen MR) is 172 cm³/mol. The van der Waals surface area contributed by atoms with Crippen molar-refractivity contribution in [1.82, 2.24) is 14.5 Å². The fourth-order valence-electron chi connectivity index (χ4n) is 5.52. The normalized spacial score (nSPS) is 15.7. The molecule has 10 nitrogen and oxygen atoms in total. The molecule has 2 amide bonds. The topological polar surface area (TPSA) is 134 Å². The summed E-state index contributed by atoms with van der Waals surface area (Å²) in [6.07, 6.45) is -5.66. The van der Waals surface area contributed by atoms with Crippen LogP contribution in [0.2, 0.25) is 0 Å². The number of fused-ring (bicyclic) bond motifs is 1. The second kappa shape index (κ2) is 12.9. The lowest BCUT2D eigenvalue weighted by Gasteiger charge is -2.34. The first-order valence-corrected chi connectivity index (χ1v) is 17.4. The molecule has 4 aromatic rings. The average molecular weight is 729 g/mol. The van der Waals surface area contributed by atoms with Crippen molar-refractivity contribution in [3.8, 4) is 10.8 Å². The molecule has 2 aromatic carbocycles. The van der Waals surface area contributed by atoms with Gasteiger partial charge in [-0.15, -0.1) is 11.3 Å². The van der Waals surface area contributed by atoms with Gasteiger partial charge < -0.3 is 20.1 Å². The third-order valence-electron chi connectivity index (χ3n) is 7.93. The van der Waals surface area contributed by atoms with Crippen LogP contribution in [0.1, 0.15) is 73.0 Å². The maximum absolute atomic E-state index is 15.9. The second-order valence-electron chi connectivity index (χ2n) is 12.5. The largest absolute Gasteiger partial charge is 0.484 e. The molecule has 1 atom stereocenters. The quantitative estimate of drug-likeness (QED) is 0.190. The minimum absolute atomic E-state index is 0.0615. The van der Waals surface area contributed by atoms with Crippen LogP contribution in [0.5, 0.6) is 5.75 Å². The molecule has 0 radical (unpaired) electrons. The molecule has 49 heavy (non-hydrogen) atoms. The van der Waals surface area contributed by atoms with Gasteiger partial charge in [-0.05, 0) is 64.8 Å². The molecule has 1 saturated heterocycles. The monoisotopic (exact) mass is 728 g/mol. The smallest absolute Gasteiger partial charge is 0.416 e. The van der Waals surface area contributed by atoms with E-state index in [0.717, 1.165) is 29.5 Å². The zero-order valence-corrected chi connectivity index (χ0v) is 28.4. The number of hydrogen-bond acceptors (Lipinski definition) is 8. The van der Waals surface area contributed by atoms with Crippen molar-refractivity contribution in [3.05, 3.63) is 76.4 Å². The first kappa shape index (κ1) is 36.0. The van der Waals surface area contributed by atoms with Gasteiger partial charge in [0.1, 0.15) is 33.7 Å². The molecule has 5 rings (SSSR count). The Morgan fingerprint density at radius 3 is 2.29 bits per heavy atom. The number of carbonyl (C=O) groups excluding carboxylic acids is 2. The third kappa shape index (κ3) is 7.22. The van der Waals surface area contributed by atoms with Crippen LogP contribution in [0.15, 0.2) is 54.9 Å². The minimum Gasteiger partial charge on any atom is -0.484 e. The Bertz CT molecular complexity index is 1990. The fraction of sp³-hybridized carbons (Fsp3) is 0.406. The molecule has 3 heterocycles. The SMILES string of the molecule is C[C@@H](Oc1cc(-n2cnc3ccc(C(F)(F)S(=O)(=O)C4CCN(C(=O)OC(C)(C)C)CC4)cc32)sc1C(N)=O)c1ccccc1C(F)(F)F. The number of imidazole rings is 1. The number of piperidine rings is 1. The minimum atomic E-state index is -5.10. The van der Waals surface area contributed by atoms with Crippen LogP contribution < -0.4 is 10.5 Å². The van der Waals surface area contributed by atoms with Crippen molar-refractivity contribution >= 4 is 44.2 Å². The Morgan fingerprint density at radius 2 is 1.67 bits per heavy atom. The lowest BCUT2D eigenvalue weighted by Crippen LogP contribution is -2.47. The number of carbonyl (C=O) groups is 2. The summed E-state index contributed by atoms with van der Waals surface area (Å²) in [6.45, 7) is 6.24. The number of amides is 2. The van der Waals surface area contributed by atoms with Crippen LogP contribution in [0.25, 0.3) is 16.0 Å². The maximum Gasteiger partial charge on any atom is 0.416 e. The van der Waals surface area contributed by atoms with Gasteiger partial charge in [-0.3, -0.25) is 9.36 Å². The third-order valence-corrected chi connectivity index (χ3v) is 11.4. The number of halogens is 5. The zero-order chi connectivity index (χ0) is 36.1. The summed E-state index contributed by atoms with van der Waals surface area (Å²) in [5.41, 5.74) is 3.12. The molecule has 0 spiro atoms. The highest BCUT2D eigenvalue weighted by Crippen LogP contribution is 2.42. The lowest BCUT2D eigenvalue weighted by molar-refractivity contribution is -0.139. The second-order valence-corrected chi connectivity index (χ2v) is 15.8. The molecule has 17 heteroatoms. The van der Waals surface area contributed by atoms with Gasteiger partial charge in [0, 0.05) is 30.3 Å². The first-order valence-electron chi connectivity index (χ1n) is 15.0. The van der Waals surface area contributed by atoms with Crippen molar-refractivity contribution in [2.75, 3.05) is 13.1 Å². The summed E-state index contributed by atoms with van der Waals surface area (Å²) in [5, 5.41) is -5.56. The number of hydrogen-bond donors (Lipinski definition) is 1. The number of thiophene rings is 1. The summed E-state index contributed by atoms with van der Waals surface area (Å²) < 4.78 is 112. The molecular formula is C32H33F5N4O6S2. The number of primary amides is 1. The maximum atomic E-state index is 15.9. The molecule has 2 N–H and O–H groups in total. The molecule has 264 valence electrons. The van der Waals surface area contributed by atoms with Crippen LogP contribution >= 0.6 is 11.3 Å². The van der Waals surface area contributed by atoms with Gasteiger partial charge in [-0.25, -0.2) is 18.2 Å². The van der Waals surface area contributed by atoms with Gasteiger partial charge in [0.2, 0.25) is 9.84 Å². The number of nitrogens with zero attached hydrogens (tertiary/aromatic N) is 3. The van der Waals surface area contributed by atoms with E-state index in [0.29, 0.717) is 0 Å². The van der Waals surface area contributed by atoms with Gasteiger partial charge >= 0.3 is 17.5 Å². The Hall–Kier alpha value is -4.25. The van der Waals surface area contributed by atoms with E-state index >= 15 is 8.78 Å². The molecular weight excluding hydrogens is 695 g/mol. The van der Waals surface area contributed by atoms with E-state index in [1.165, 1.54) is 53.0 Å². The van der Waals surface area contributed by atoms with Crippen molar-refractivity contribution in [3.63, 3.8) is 0 Å². The van der Waals surface area contributed by atoms with Crippen LogP contribution in [0, 0.1) is 0 Å². The van der Waals surface area contributed by atoms with Crippen LogP contribution in [0.3, 0.4) is 0 Å². The summed E-state index contributed by atoms with van der Waals surface area (Å²) in [6, 6.07) is 9.28. The summed E-state index contributed by atoms with van der Waals surface area (Å²) in [5.74, 6) is -1.08. The first-order chi connectivity index (χ1) is 22.7. The van der Waals surface area contributed by atoms with Gasteiger partial charge in [-0.2, -0.15) is 22.0 Å². The van der Waals surface area contributed by atoms with E-state index < -0.39 is 61.4 Å². The molecule has 0 saturated carbocycles. The molecule has 1 aliphatic rings. The summed E-state index contributed by atoms with van der Waals surface area (Å²) >= 11 is 0.787. The van der Waals surface area contributed by atoms with Crippen LogP contribution in [-0.2, 0) is 26.0 Å². The summed E-state index contributed by atoms with van der Waals surface area (Å²) in [7, 11) is -5.10. The molecule has 0 aliphatic carbocycles. The van der Waals surface area contributed by atoms with Gasteiger partial charge in [0.05, 0.1) is 21.8 Å². The van der Waals surface area contributed by atoms with Gasteiger partial charge in [0.15, 0.2) is 0 Å². The molecule has 0 bridgehead atoms. The summed E-state index contributed by atoms with van der Waals surface area (Å²) in [4.78, 5) is 30.1. The number of ether oxygens (including phenoxy) is 2. The number of benzene rings is 2. The number of sulfone groups is 1. The molecule has 1 fully saturated rings. The number of alkyl halides is 5. The lowest BCUT2D eigenvalue weighted by atomic mass is 10.0. The van der Waals surface area contributed by atoms with Crippen molar-refractivity contribution in [2.45, 2.75) is 68.9 Å².